The summed E-state index contributed by atoms with van der Waals surface area (Å²) in [5.41, 5.74) is 1.16. The van der Waals surface area contributed by atoms with Crippen molar-refractivity contribution in [1.82, 2.24) is 0 Å². The fraction of sp³-hybridized carbons (Fsp3) is 0.600. The molecule has 0 spiro atoms. The first kappa shape index (κ1) is 9.26. The highest BCUT2D eigenvalue weighted by molar-refractivity contribution is 6.17. The number of allylic oxidation sites excluding steroid dienone is 1. The normalized spacial score (nSPS) is 5.67. The van der Waals surface area contributed by atoms with Crippen LogP contribution >= 0.6 is 0 Å². The zero-order valence-corrected chi connectivity index (χ0v) is 3.65. The first-order chi connectivity index (χ1) is 2.27. The zero-order valence-electron chi connectivity index (χ0n) is 3.65. The van der Waals surface area contributed by atoms with Crippen LogP contribution in [0, 0.1) is 0 Å². The van der Waals surface area contributed by atoms with E-state index in [-0.39, 0.29) is 7.43 Å². The third-order valence-corrected chi connectivity index (χ3v) is 0.333. The summed E-state index contributed by atoms with van der Waals surface area (Å²) in [5, 5.41) is 0. The maximum atomic E-state index is 5.01. The molecule has 0 fully saturated rings. The quantitative estimate of drug-likeness (QED) is 0.390. The Hall–Kier alpha value is -0.195. The Kier molecular flexibility index (Phi) is 7.41. The molecule has 0 saturated carbocycles. The molecule has 0 nitrogen and oxygen atoms in total. The molecule has 2 radical (unpaired) electrons. The van der Waals surface area contributed by atoms with Crippen LogP contribution in [0.3, 0.4) is 0 Å². The Labute approximate surface area is 41.7 Å². The highest BCUT2D eigenvalue weighted by Gasteiger charge is 1.60. The molecule has 0 heterocycles. The molecule has 0 bridgehead atoms. The van der Waals surface area contributed by atoms with Gasteiger partial charge in [-0.3, -0.25) is 0 Å². The van der Waals surface area contributed by atoms with Crippen LogP contribution in [0.25, 0.3) is 0 Å². The van der Waals surface area contributed by atoms with Crippen LogP contribution in [0.1, 0.15) is 21.3 Å². The van der Waals surface area contributed by atoms with Crippen molar-refractivity contribution < 1.29 is 0 Å². The second-order valence-electron chi connectivity index (χ2n) is 1.24. The summed E-state index contributed by atoms with van der Waals surface area (Å²) in [6.07, 6.45) is 0. The van der Waals surface area contributed by atoms with Crippen molar-refractivity contribution in [2.45, 2.75) is 21.3 Å². The van der Waals surface area contributed by atoms with E-state index in [2.05, 4.69) is 0 Å². The minimum Gasteiger partial charge on any atom is -0.133 e. The molecule has 0 unspecified atom stereocenters. The molecule has 0 N–H and O–H groups in total. The summed E-state index contributed by atoms with van der Waals surface area (Å²) in [4.78, 5) is 0. The summed E-state index contributed by atoms with van der Waals surface area (Å²) in [7, 11) is 5.01. The molecule has 0 aliphatic heterocycles. The SMILES string of the molecule is C.[B]C=C(C)C. The van der Waals surface area contributed by atoms with E-state index in [1.165, 1.54) is 0 Å². The minimum absolute atomic E-state index is 0. The van der Waals surface area contributed by atoms with Crippen molar-refractivity contribution in [1.29, 1.82) is 0 Å². The van der Waals surface area contributed by atoms with Gasteiger partial charge in [-0.2, -0.15) is 0 Å². The van der Waals surface area contributed by atoms with Crippen LogP contribution in [0.4, 0.5) is 0 Å². The van der Waals surface area contributed by atoms with E-state index in [9.17, 15) is 0 Å². The lowest BCUT2D eigenvalue weighted by atomic mass is 10.1. The predicted molar refractivity (Wildman–Crippen MR) is 31.9 cm³/mol. The Morgan fingerprint density at radius 3 is 1.67 bits per heavy atom. The molecule has 0 aromatic heterocycles. The molecular formula is C5H11B. The lowest BCUT2D eigenvalue weighted by Crippen LogP contribution is -1.57. The van der Waals surface area contributed by atoms with Crippen LogP contribution in [0.15, 0.2) is 11.5 Å². The van der Waals surface area contributed by atoms with Crippen molar-refractivity contribution in [2.75, 3.05) is 0 Å². The molecule has 0 aliphatic carbocycles. The Bertz CT molecular complexity index is 41.9. The van der Waals surface area contributed by atoms with Crippen molar-refractivity contribution in [2.24, 2.45) is 0 Å². The van der Waals surface area contributed by atoms with E-state index >= 15 is 0 Å². The van der Waals surface area contributed by atoms with Crippen LogP contribution in [-0.2, 0) is 0 Å². The van der Waals surface area contributed by atoms with Gasteiger partial charge >= 0.3 is 0 Å². The molecule has 0 atom stereocenters. The Morgan fingerprint density at radius 2 is 1.67 bits per heavy atom. The molecule has 0 amide bonds. The van der Waals surface area contributed by atoms with E-state index < -0.39 is 0 Å². The van der Waals surface area contributed by atoms with Gasteiger partial charge in [0.25, 0.3) is 0 Å². The van der Waals surface area contributed by atoms with Crippen molar-refractivity contribution >= 4 is 7.85 Å². The molecule has 34 valence electrons. The molecule has 0 rings (SSSR count). The van der Waals surface area contributed by atoms with E-state index in [1.807, 2.05) is 13.8 Å². The fourth-order valence-corrected chi connectivity index (χ4v) is 0. The van der Waals surface area contributed by atoms with Gasteiger partial charge in [0.15, 0.2) is 0 Å². The van der Waals surface area contributed by atoms with Gasteiger partial charge in [-0.05, 0) is 13.8 Å². The maximum Gasteiger partial charge on any atom is 0.102 e. The Balaban J connectivity index is 0. The average molecular weight is 82.0 g/mol. The number of rotatable bonds is 0. The standard InChI is InChI=1S/C4H7B.CH4/c1-4(2)3-5;/h3H,1-2H3;1H4. The zero-order chi connectivity index (χ0) is 4.28. The van der Waals surface area contributed by atoms with Crippen LogP contribution < -0.4 is 0 Å². The molecule has 0 saturated heterocycles. The summed E-state index contributed by atoms with van der Waals surface area (Å²) < 4.78 is 0. The molecular weight excluding hydrogens is 70.9 g/mol. The molecule has 1 heteroatoms. The number of hydrogen-bond donors (Lipinski definition) is 0. The number of hydrogen-bond acceptors (Lipinski definition) is 0. The molecule has 6 heavy (non-hydrogen) atoms. The van der Waals surface area contributed by atoms with Crippen molar-refractivity contribution in [3.63, 3.8) is 0 Å². The highest BCUT2D eigenvalue weighted by atomic mass is 13.6. The average Bonchev–Trinajstić information content (AvgIpc) is 1.38. The van der Waals surface area contributed by atoms with Crippen LogP contribution in [0.2, 0.25) is 0 Å². The maximum absolute atomic E-state index is 5.01. The first-order valence-corrected chi connectivity index (χ1v) is 1.62. The third kappa shape index (κ3) is 9.19. The largest absolute Gasteiger partial charge is 0.133 e. The van der Waals surface area contributed by atoms with Gasteiger partial charge in [-0.15, -0.1) is 5.98 Å². The first-order valence-electron chi connectivity index (χ1n) is 1.62. The van der Waals surface area contributed by atoms with E-state index in [4.69, 9.17) is 7.85 Å². The monoisotopic (exact) mass is 82.1 g/mol. The van der Waals surface area contributed by atoms with E-state index in [1.54, 1.807) is 5.98 Å². The summed E-state index contributed by atoms with van der Waals surface area (Å²) in [6.45, 7) is 3.92. The van der Waals surface area contributed by atoms with Crippen LogP contribution in [-0.4, -0.2) is 7.85 Å². The van der Waals surface area contributed by atoms with Gasteiger partial charge in [-0.1, -0.05) is 13.0 Å². The van der Waals surface area contributed by atoms with Gasteiger partial charge in [0.2, 0.25) is 0 Å². The molecule has 0 aromatic rings. The minimum atomic E-state index is 0. The van der Waals surface area contributed by atoms with Crippen molar-refractivity contribution in [3.05, 3.63) is 11.5 Å². The summed E-state index contributed by atoms with van der Waals surface area (Å²) >= 11 is 0. The predicted octanol–water partition coefficient (Wildman–Crippen LogP) is 1.71. The molecule has 0 aromatic carbocycles. The topological polar surface area (TPSA) is 0 Å². The fourth-order valence-electron chi connectivity index (χ4n) is 0. The Morgan fingerprint density at radius 1 is 1.50 bits per heavy atom. The second-order valence-corrected chi connectivity index (χ2v) is 1.24. The van der Waals surface area contributed by atoms with Gasteiger partial charge in [-0.25, -0.2) is 0 Å². The van der Waals surface area contributed by atoms with Gasteiger partial charge in [0.05, 0.1) is 0 Å². The van der Waals surface area contributed by atoms with Crippen molar-refractivity contribution in [3.8, 4) is 0 Å². The highest BCUT2D eigenvalue weighted by Crippen LogP contribution is 1.79. The summed E-state index contributed by atoms with van der Waals surface area (Å²) in [6, 6.07) is 0. The van der Waals surface area contributed by atoms with Gasteiger partial charge in [0.1, 0.15) is 7.85 Å². The molecule has 0 aliphatic rings. The lowest BCUT2D eigenvalue weighted by molar-refractivity contribution is 1.41. The third-order valence-electron chi connectivity index (χ3n) is 0.333. The van der Waals surface area contributed by atoms with Gasteiger partial charge in [0, 0.05) is 0 Å². The second kappa shape index (κ2) is 4.80. The van der Waals surface area contributed by atoms with Crippen LogP contribution in [0.5, 0.6) is 0 Å². The smallest absolute Gasteiger partial charge is 0.102 e. The lowest BCUT2D eigenvalue weighted by Gasteiger charge is -1.74. The summed E-state index contributed by atoms with van der Waals surface area (Å²) in [5.74, 6) is 1.58. The van der Waals surface area contributed by atoms with E-state index in [0.29, 0.717) is 0 Å². The van der Waals surface area contributed by atoms with Gasteiger partial charge < -0.3 is 0 Å². The van der Waals surface area contributed by atoms with E-state index in [0.717, 1.165) is 5.57 Å².